The van der Waals surface area contributed by atoms with E-state index in [-0.39, 0.29) is 5.91 Å². The number of thiocarbonyl (C=S) groups is 1. The van der Waals surface area contributed by atoms with E-state index in [0.29, 0.717) is 23.2 Å². The van der Waals surface area contributed by atoms with Crippen LogP contribution in [0, 0.1) is 0 Å². The zero-order valence-corrected chi connectivity index (χ0v) is 21.4. The van der Waals surface area contributed by atoms with E-state index in [9.17, 15) is 4.79 Å². The summed E-state index contributed by atoms with van der Waals surface area (Å²) in [6, 6.07) is 15.3. The van der Waals surface area contributed by atoms with Gasteiger partial charge in [-0.05, 0) is 55.7 Å². The quantitative estimate of drug-likeness (QED) is 0.299. The van der Waals surface area contributed by atoms with Gasteiger partial charge in [-0.15, -0.1) is 11.3 Å². The van der Waals surface area contributed by atoms with Crippen molar-refractivity contribution in [1.82, 2.24) is 15.2 Å². The summed E-state index contributed by atoms with van der Waals surface area (Å²) in [4.78, 5) is 19.9. The van der Waals surface area contributed by atoms with Gasteiger partial charge in [0, 0.05) is 47.2 Å². The lowest BCUT2D eigenvalue weighted by Gasteiger charge is -2.33. The molecule has 34 heavy (non-hydrogen) atoms. The molecule has 2 heterocycles. The first-order valence-electron chi connectivity index (χ1n) is 11.2. The van der Waals surface area contributed by atoms with E-state index in [0.717, 1.165) is 58.4 Å². The Kier molecular flexibility index (Phi) is 7.98. The molecule has 0 atom stereocenters. The highest BCUT2D eigenvalue weighted by Crippen LogP contribution is 2.32. The summed E-state index contributed by atoms with van der Waals surface area (Å²) in [5.74, 6) is 0.139. The number of halogens is 1. The van der Waals surface area contributed by atoms with E-state index in [2.05, 4.69) is 27.1 Å². The predicted molar refractivity (Wildman–Crippen MR) is 146 cm³/mol. The third-order valence-corrected chi connectivity index (χ3v) is 7.42. The lowest BCUT2D eigenvalue weighted by atomic mass is 9.98. The van der Waals surface area contributed by atoms with Crippen molar-refractivity contribution in [2.75, 3.05) is 25.0 Å². The average molecular weight is 511 g/mol. The maximum atomic E-state index is 13.0. The van der Waals surface area contributed by atoms with Crippen molar-refractivity contribution in [1.29, 1.82) is 0 Å². The smallest absolute Gasteiger partial charge is 0.275 e. The Balaban J connectivity index is 1.38. The van der Waals surface area contributed by atoms with Gasteiger partial charge in [-0.2, -0.15) is 0 Å². The number of hydrogen-bond donors (Lipinski definition) is 2. The Bertz CT molecular complexity index is 1180. The van der Waals surface area contributed by atoms with Crippen LogP contribution in [0.15, 0.2) is 66.1 Å². The van der Waals surface area contributed by atoms with E-state index < -0.39 is 0 Å². The molecule has 2 aromatic carbocycles. The van der Waals surface area contributed by atoms with Crippen LogP contribution in [0.2, 0.25) is 5.02 Å². The van der Waals surface area contributed by atoms with Crippen LogP contribution in [-0.2, 0) is 0 Å². The third kappa shape index (κ3) is 6.03. The minimum absolute atomic E-state index is 0.202. The van der Waals surface area contributed by atoms with Crippen LogP contribution in [0.3, 0.4) is 0 Å². The number of carbonyl (C=O) groups excluding carboxylic acids is 1. The number of para-hydroxylation sites is 1. The number of rotatable bonds is 6. The van der Waals surface area contributed by atoms with Gasteiger partial charge in [0.1, 0.15) is 5.69 Å². The van der Waals surface area contributed by atoms with Crippen molar-refractivity contribution >= 4 is 51.9 Å². The first-order chi connectivity index (χ1) is 16.4. The fraction of sp³-hybridized carbons (Fsp3) is 0.269. The van der Waals surface area contributed by atoms with Crippen LogP contribution in [-0.4, -0.2) is 40.5 Å². The van der Waals surface area contributed by atoms with E-state index in [1.165, 1.54) is 0 Å². The molecule has 4 rings (SSSR count). The molecule has 1 aliphatic heterocycles. The number of carbonyl (C=O) groups is 1. The number of piperidine rings is 1. The molecule has 0 unspecified atom stereocenters. The van der Waals surface area contributed by atoms with Gasteiger partial charge in [-0.25, -0.2) is 4.98 Å². The number of nitrogens with zero attached hydrogens (tertiary/aromatic N) is 2. The second-order valence-electron chi connectivity index (χ2n) is 8.45. The number of nitrogens with one attached hydrogen (secondary N) is 2. The monoisotopic (exact) mass is 510 g/mol. The van der Waals surface area contributed by atoms with Crippen LogP contribution >= 0.6 is 35.2 Å². The molecule has 0 spiro atoms. The molecule has 1 saturated heterocycles. The average Bonchev–Trinajstić information content (AvgIpc) is 3.34. The van der Waals surface area contributed by atoms with Crippen molar-refractivity contribution in [3.8, 4) is 11.1 Å². The highest BCUT2D eigenvalue weighted by molar-refractivity contribution is 7.80. The maximum absolute atomic E-state index is 13.0. The molecule has 1 fully saturated rings. The van der Waals surface area contributed by atoms with E-state index in [4.69, 9.17) is 23.8 Å². The lowest BCUT2D eigenvalue weighted by Crippen LogP contribution is -2.44. The van der Waals surface area contributed by atoms with Gasteiger partial charge in [-0.3, -0.25) is 4.79 Å². The standard InChI is InChI=1S/C26H27ClN4OS2/c1-17(2)15-28-26(33)31-13-11-19(12-14-31)25-30-23(16-34-25)24(32)29-22-6-4-3-5-21(22)18-7-9-20(27)10-8-18/h3-10,16,19H,1,11-15H2,2H3,(H,28,33)(H,29,32). The maximum Gasteiger partial charge on any atom is 0.275 e. The third-order valence-electron chi connectivity index (χ3n) is 5.76. The SMILES string of the molecule is C=C(C)CNC(=S)N1CCC(c2nc(C(=O)Nc3ccccc3-c3ccc(Cl)cc3)cs2)CC1. The molecular formula is C26H27ClN4OS2. The highest BCUT2D eigenvalue weighted by atomic mass is 35.5. The van der Waals surface area contributed by atoms with Crippen LogP contribution in [0.5, 0.6) is 0 Å². The molecular weight excluding hydrogens is 484 g/mol. The first kappa shape index (κ1) is 24.4. The fourth-order valence-corrected chi connectivity index (χ4v) is 5.26. The second kappa shape index (κ2) is 11.1. The lowest BCUT2D eigenvalue weighted by molar-refractivity contribution is 0.102. The van der Waals surface area contributed by atoms with Crippen LogP contribution in [0.1, 0.15) is 41.2 Å². The summed E-state index contributed by atoms with van der Waals surface area (Å²) in [6.07, 6.45) is 1.92. The predicted octanol–water partition coefficient (Wildman–Crippen LogP) is 6.35. The van der Waals surface area contributed by atoms with Crippen molar-refractivity contribution < 1.29 is 4.79 Å². The van der Waals surface area contributed by atoms with Crippen LogP contribution in [0.25, 0.3) is 11.1 Å². The molecule has 0 saturated carbocycles. The fourth-order valence-electron chi connectivity index (χ4n) is 3.91. The van der Waals surface area contributed by atoms with E-state index in [1.807, 2.05) is 60.8 Å². The molecule has 0 aliphatic carbocycles. The van der Waals surface area contributed by atoms with E-state index in [1.54, 1.807) is 11.3 Å². The second-order valence-corrected chi connectivity index (χ2v) is 10.2. The Morgan fingerprint density at radius 2 is 1.91 bits per heavy atom. The molecule has 8 heteroatoms. The van der Waals surface area contributed by atoms with Crippen LogP contribution in [0.4, 0.5) is 5.69 Å². The van der Waals surface area contributed by atoms with Crippen molar-refractivity contribution in [3.63, 3.8) is 0 Å². The zero-order valence-electron chi connectivity index (χ0n) is 19.0. The molecule has 2 N–H and O–H groups in total. The molecule has 3 aromatic rings. The normalized spacial score (nSPS) is 14.0. The number of anilines is 1. The Labute approximate surface area is 214 Å². The Morgan fingerprint density at radius 1 is 1.21 bits per heavy atom. The van der Waals surface area contributed by atoms with E-state index >= 15 is 0 Å². The van der Waals surface area contributed by atoms with Crippen molar-refractivity contribution in [2.24, 2.45) is 0 Å². The molecule has 176 valence electrons. The minimum Gasteiger partial charge on any atom is -0.359 e. The summed E-state index contributed by atoms with van der Waals surface area (Å²) in [7, 11) is 0. The Morgan fingerprint density at radius 3 is 2.62 bits per heavy atom. The van der Waals surface area contributed by atoms with Crippen molar-refractivity contribution in [2.45, 2.75) is 25.7 Å². The van der Waals surface area contributed by atoms with Gasteiger partial charge in [-0.1, -0.05) is 54.1 Å². The zero-order chi connectivity index (χ0) is 24.1. The largest absolute Gasteiger partial charge is 0.359 e. The molecule has 0 bridgehead atoms. The first-order valence-corrected chi connectivity index (χ1v) is 12.9. The number of aromatic nitrogens is 1. The van der Waals surface area contributed by atoms with Gasteiger partial charge in [0.2, 0.25) is 0 Å². The van der Waals surface area contributed by atoms with Gasteiger partial charge in [0.25, 0.3) is 5.91 Å². The molecule has 1 aliphatic rings. The topological polar surface area (TPSA) is 57.3 Å². The summed E-state index contributed by atoms with van der Waals surface area (Å²) >= 11 is 13.1. The summed E-state index contributed by atoms with van der Waals surface area (Å²) < 4.78 is 0. The molecule has 1 aromatic heterocycles. The summed E-state index contributed by atoms with van der Waals surface area (Å²) in [5.41, 5.74) is 4.18. The van der Waals surface area contributed by atoms with Gasteiger partial charge < -0.3 is 15.5 Å². The van der Waals surface area contributed by atoms with Gasteiger partial charge in [0.05, 0.1) is 5.01 Å². The number of benzene rings is 2. The Hall–Kier alpha value is -2.74. The molecule has 1 amide bonds. The summed E-state index contributed by atoms with van der Waals surface area (Å²) in [5, 5.41) is 10.6. The number of likely N-dealkylation sites (tertiary alicyclic amines) is 1. The molecule has 5 nitrogen and oxygen atoms in total. The highest BCUT2D eigenvalue weighted by Gasteiger charge is 2.25. The minimum atomic E-state index is -0.202. The van der Waals surface area contributed by atoms with Crippen LogP contribution < -0.4 is 10.6 Å². The van der Waals surface area contributed by atoms with Gasteiger partial charge in [0.15, 0.2) is 5.11 Å². The summed E-state index contributed by atoms with van der Waals surface area (Å²) in [6.45, 7) is 8.34. The number of hydrogen-bond acceptors (Lipinski definition) is 4. The number of amides is 1. The molecule has 0 radical (unpaired) electrons. The van der Waals surface area contributed by atoms with Gasteiger partial charge >= 0.3 is 0 Å². The van der Waals surface area contributed by atoms with Crippen molar-refractivity contribution in [3.05, 3.63) is 81.8 Å². The number of thiazole rings is 1.